The minimum atomic E-state index is 0.385. The molecular weight excluding hydrogens is 354 g/mol. The molecular formula is C26H29N3. The molecule has 3 aliphatic heterocycles. The number of benzene rings is 2. The quantitative estimate of drug-likeness (QED) is 0.681. The zero-order valence-electron chi connectivity index (χ0n) is 16.8. The highest BCUT2D eigenvalue weighted by Crippen LogP contribution is 2.42. The van der Waals surface area contributed by atoms with Crippen LogP contribution in [0.25, 0.3) is 0 Å². The molecule has 2 atom stereocenters. The maximum Gasteiger partial charge on any atom is 0.0361 e. The van der Waals surface area contributed by atoms with E-state index in [1.54, 1.807) is 0 Å². The van der Waals surface area contributed by atoms with Crippen LogP contribution in [0.5, 0.6) is 0 Å². The summed E-state index contributed by atoms with van der Waals surface area (Å²) in [7, 11) is 0. The molecule has 3 saturated heterocycles. The second-order valence-corrected chi connectivity index (χ2v) is 8.43. The summed E-state index contributed by atoms with van der Waals surface area (Å²) in [4.78, 5) is 6.91. The van der Waals surface area contributed by atoms with Crippen LogP contribution >= 0.6 is 0 Å². The van der Waals surface area contributed by atoms with Gasteiger partial charge in [-0.2, -0.15) is 0 Å². The number of piperidine rings is 3. The Morgan fingerprint density at radius 3 is 2.00 bits per heavy atom. The number of nitrogens with one attached hydrogen (secondary N) is 1. The van der Waals surface area contributed by atoms with Gasteiger partial charge in [-0.1, -0.05) is 60.7 Å². The van der Waals surface area contributed by atoms with Gasteiger partial charge in [0.2, 0.25) is 0 Å². The molecule has 1 aromatic heterocycles. The maximum atomic E-state index is 4.16. The first-order chi connectivity index (χ1) is 14.4. The van der Waals surface area contributed by atoms with Crippen molar-refractivity contribution in [1.82, 2.24) is 15.2 Å². The fourth-order valence-corrected chi connectivity index (χ4v) is 5.43. The first-order valence-corrected chi connectivity index (χ1v) is 10.9. The molecule has 4 heterocycles. The number of hydrogen-bond donors (Lipinski definition) is 1. The van der Waals surface area contributed by atoms with Gasteiger partial charge in [0.1, 0.15) is 0 Å². The van der Waals surface area contributed by atoms with Crippen LogP contribution in [0.15, 0.2) is 85.2 Å². The summed E-state index contributed by atoms with van der Waals surface area (Å²) >= 11 is 0. The smallest absolute Gasteiger partial charge is 0.0361 e. The van der Waals surface area contributed by atoms with Crippen LogP contribution < -0.4 is 5.32 Å². The largest absolute Gasteiger partial charge is 0.308 e. The Morgan fingerprint density at radius 2 is 1.41 bits per heavy atom. The van der Waals surface area contributed by atoms with E-state index in [9.17, 15) is 0 Å². The van der Waals surface area contributed by atoms with Crippen molar-refractivity contribution in [1.29, 1.82) is 0 Å². The summed E-state index contributed by atoms with van der Waals surface area (Å²) in [5, 5.41) is 3.97. The Morgan fingerprint density at radius 1 is 0.828 bits per heavy atom. The van der Waals surface area contributed by atoms with Crippen LogP contribution in [0.3, 0.4) is 0 Å². The molecule has 0 aliphatic carbocycles. The van der Waals surface area contributed by atoms with Crippen LogP contribution in [0.1, 0.15) is 35.4 Å². The van der Waals surface area contributed by atoms with Gasteiger partial charge in [0.25, 0.3) is 0 Å². The Balaban J connectivity index is 1.50. The van der Waals surface area contributed by atoms with Crippen molar-refractivity contribution in [2.45, 2.75) is 37.4 Å². The highest BCUT2D eigenvalue weighted by molar-refractivity contribution is 5.36. The van der Waals surface area contributed by atoms with Gasteiger partial charge in [0.15, 0.2) is 0 Å². The zero-order chi connectivity index (χ0) is 19.5. The molecule has 3 fully saturated rings. The van der Waals surface area contributed by atoms with Crippen molar-refractivity contribution in [2.24, 2.45) is 5.92 Å². The van der Waals surface area contributed by atoms with Crippen molar-refractivity contribution in [3.05, 3.63) is 102 Å². The van der Waals surface area contributed by atoms with E-state index in [0.29, 0.717) is 18.0 Å². The third-order valence-corrected chi connectivity index (χ3v) is 6.82. The first-order valence-electron chi connectivity index (χ1n) is 10.9. The standard InChI is InChI=1S/C26H29N3/c1-3-7-21(8-4-1)24(22-9-5-2-6-10-22)26-25(23-13-17-29(26)18-14-23)28-19-20-11-15-27-16-12-20/h1-12,15-16,23-26,28H,13-14,17-19H2/t25-,26+/m1/s1. The summed E-state index contributed by atoms with van der Waals surface area (Å²) < 4.78 is 0. The fraction of sp³-hybridized carbons (Fsp3) is 0.346. The van der Waals surface area contributed by atoms with E-state index in [1.165, 1.54) is 42.6 Å². The average Bonchev–Trinajstić information content (AvgIpc) is 2.81. The minimum absolute atomic E-state index is 0.385. The maximum absolute atomic E-state index is 4.16. The number of hydrogen-bond acceptors (Lipinski definition) is 3. The van der Waals surface area contributed by atoms with E-state index in [2.05, 4.69) is 88.0 Å². The van der Waals surface area contributed by atoms with Crippen molar-refractivity contribution in [3.8, 4) is 0 Å². The Bertz CT molecular complexity index is 850. The number of fused-ring (bicyclic) bond motifs is 3. The topological polar surface area (TPSA) is 28.2 Å². The second-order valence-electron chi connectivity index (χ2n) is 8.43. The van der Waals surface area contributed by atoms with E-state index in [-0.39, 0.29) is 0 Å². The molecule has 0 unspecified atom stereocenters. The lowest BCUT2D eigenvalue weighted by atomic mass is 9.70. The van der Waals surface area contributed by atoms with E-state index >= 15 is 0 Å². The number of aromatic nitrogens is 1. The summed E-state index contributed by atoms with van der Waals surface area (Å²) in [6, 6.07) is 27.4. The van der Waals surface area contributed by atoms with Crippen molar-refractivity contribution < 1.29 is 0 Å². The lowest BCUT2D eigenvalue weighted by molar-refractivity contribution is 0.00468. The van der Waals surface area contributed by atoms with Crippen molar-refractivity contribution >= 4 is 0 Å². The molecule has 0 spiro atoms. The third-order valence-electron chi connectivity index (χ3n) is 6.82. The summed E-state index contributed by atoms with van der Waals surface area (Å²) in [5.41, 5.74) is 4.16. The Kier molecular flexibility index (Phi) is 5.42. The van der Waals surface area contributed by atoms with Gasteiger partial charge >= 0.3 is 0 Å². The van der Waals surface area contributed by atoms with Crippen molar-refractivity contribution in [3.63, 3.8) is 0 Å². The minimum Gasteiger partial charge on any atom is -0.308 e. The molecule has 0 saturated carbocycles. The van der Waals surface area contributed by atoms with Crippen LogP contribution in [0.4, 0.5) is 0 Å². The molecule has 3 heteroatoms. The molecule has 6 rings (SSSR count). The summed E-state index contributed by atoms with van der Waals surface area (Å²) in [6.45, 7) is 3.35. The van der Waals surface area contributed by atoms with E-state index < -0.39 is 0 Å². The second kappa shape index (κ2) is 8.48. The molecule has 1 N–H and O–H groups in total. The molecule has 0 radical (unpaired) electrons. The normalized spacial score (nSPS) is 26.0. The number of nitrogens with zero attached hydrogens (tertiary/aromatic N) is 2. The molecule has 29 heavy (non-hydrogen) atoms. The Hall–Kier alpha value is -2.49. The molecule has 2 bridgehead atoms. The lowest BCUT2D eigenvalue weighted by Crippen LogP contribution is -2.64. The van der Waals surface area contributed by atoms with E-state index in [4.69, 9.17) is 0 Å². The lowest BCUT2D eigenvalue weighted by Gasteiger charge is -2.54. The number of rotatable bonds is 6. The zero-order valence-corrected chi connectivity index (χ0v) is 16.8. The molecule has 0 amide bonds. The summed E-state index contributed by atoms with van der Waals surface area (Å²) in [6.07, 6.45) is 6.39. The van der Waals surface area contributed by atoms with Crippen LogP contribution in [-0.2, 0) is 6.54 Å². The highest BCUT2D eigenvalue weighted by atomic mass is 15.2. The van der Waals surface area contributed by atoms with Crippen molar-refractivity contribution in [2.75, 3.05) is 13.1 Å². The first kappa shape index (κ1) is 18.5. The van der Waals surface area contributed by atoms with Crippen LogP contribution in [-0.4, -0.2) is 35.1 Å². The van der Waals surface area contributed by atoms with Crippen LogP contribution in [0, 0.1) is 5.92 Å². The average molecular weight is 384 g/mol. The molecule has 3 nitrogen and oxygen atoms in total. The molecule has 2 aromatic carbocycles. The Labute approximate surface area is 173 Å². The highest BCUT2D eigenvalue weighted by Gasteiger charge is 2.46. The SMILES string of the molecule is c1ccc(C(c2ccccc2)[C@H]2[C@H](NCc3ccncc3)C3CCN2CC3)cc1. The fourth-order valence-electron chi connectivity index (χ4n) is 5.43. The molecule has 148 valence electrons. The van der Waals surface area contributed by atoms with Gasteiger partial charge in [-0.15, -0.1) is 0 Å². The van der Waals surface area contributed by atoms with Crippen LogP contribution in [0.2, 0.25) is 0 Å². The van der Waals surface area contributed by atoms with Gasteiger partial charge in [-0.05, 0) is 60.7 Å². The number of pyridine rings is 1. The summed E-state index contributed by atoms with van der Waals surface area (Å²) in [5.74, 6) is 1.14. The third kappa shape index (κ3) is 3.85. The monoisotopic (exact) mass is 383 g/mol. The predicted molar refractivity (Wildman–Crippen MR) is 118 cm³/mol. The van der Waals surface area contributed by atoms with Gasteiger partial charge in [-0.3, -0.25) is 9.88 Å². The van der Waals surface area contributed by atoms with E-state index in [1.807, 2.05) is 12.4 Å². The molecule has 3 aliphatic rings. The van der Waals surface area contributed by atoms with E-state index in [0.717, 1.165) is 12.5 Å². The van der Waals surface area contributed by atoms with Gasteiger partial charge in [0, 0.05) is 36.9 Å². The molecule has 3 aromatic rings. The predicted octanol–water partition coefficient (Wildman–Crippen LogP) is 4.47. The van der Waals surface area contributed by atoms with Gasteiger partial charge in [0.05, 0.1) is 0 Å². The van der Waals surface area contributed by atoms with Gasteiger partial charge < -0.3 is 5.32 Å². The van der Waals surface area contributed by atoms with Gasteiger partial charge in [-0.25, -0.2) is 0 Å².